The van der Waals surface area contributed by atoms with Crippen LogP contribution in [0.25, 0.3) is 0 Å². The number of hydrogen-bond donors (Lipinski definition) is 0. The topological polar surface area (TPSA) is 72.9 Å². The van der Waals surface area contributed by atoms with Crippen LogP contribution in [0.4, 0.5) is 0 Å². The van der Waals surface area contributed by atoms with Crippen LogP contribution in [-0.2, 0) is 19.6 Å². The first-order chi connectivity index (χ1) is 10.8. The summed E-state index contributed by atoms with van der Waals surface area (Å²) < 4.78 is 37.6. The summed E-state index contributed by atoms with van der Waals surface area (Å²) in [5.74, 6) is 0.150. The number of carbonyl (C=O) groups is 1. The molecule has 6 nitrogen and oxygen atoms in total. The van der Waals surface area contributed by atoms with Crippen LogP contribution < -0.4 is 4.74 Å². The van der Waals surface area contributed by atoms with E-state index < -0.39 is 22.0 Å². The van der Waals surface area contributed by atoms with Crippen LogP contribution in [-0.4, -0.2) is 45.5 Å². The fourth-order valence-electron chi connectivity index (χ4n) is 3.15. The van der Waals surface area contributed by atoms with Gasteiger partial charge in [-0.3, -0.25) is 4.79 Å². The van der Waals surface area contributed by atoms with E-state index in [1.165, 1.54) is 11.4 Å². The number of nitrogens with zero attached hydrogens (tertiary/aromatic N) is 1. The summed E-state index contributed by atoms with van der Waals surface area (Å²) in [6.07, 6.45) is 1.13. The lowest BCUT2D eigenvalue weighted by atomic mass is 10.1. The number of aryl methyl sites for hydroxylation is 1. The van der Waals surface area contributed by atoms with Gasteiger partial charge in [-0.05, 0) is 56.4 Å². The third kappa shape index (κ3) is 2.95. The molecule has 1 atom stereocenters. The number of carbonyl (C=O) groups excluding carboxylic acids is 1. The van der Waals surface area contributed by atoms with Crippen LogP contribution in [0, 0.1) is 20.8 Å². The third-order valence-electron chi connectivity index (χ3n) is 4.44. The summed E-state index contributed by atoms with van der Waals surface area (Å²) in [5, 5.41) is 0. The predicted molar refractivity (Wildman–Crippen MR) is 86.1 cm³/mol. The first kappa shape index (κ1) is 17.7. The maximum absolute atomic E-state index is 13.1. The highest BCUT2D eigenvalue weighted by Gasteiger charge is 2.41. The van der Waals surface area contributed by atoms with Crippen LogP contribution >= 0.6 is 0 Å². The Labute approximate surface area is 137 Å². The molecule has 0 radical (unpaired) electrons. The highest BCUT2D eigenvalue weighted by molar-refractivity contribution is 7.89. The van der Waals surface area contributed by atoms with Crippen LogP contribution in [0.2, 0.25) is 0 Å². The van der Waals surface area contributed by atoms with Gasteiger partial charge in [-0.1, -0.05) is 0 Å². The molecule has 0 spiro atoms. The highest BCUT2D eigenvalue weighted by atomic mass is 32.2. The molecule has 7 heteroatoms. The Morgan fingerprint density at radius 2 is 1.87 bits per heavy atom. The van der Waals surface area contributed by atoms with Gasteiger partial charge in [0.15, 0.2) is 0 Å². The van der Waals surface area contributed by atoms with Crippen LogP contribution in [0.1, 0.15) is 29.5 Å². The van der Waals surface area contributed by atoms with Gasteiger partial charge in [0.2, 0.25) is 10.0 Å². The number of rotatable bonds is 4. The number of methoxy groups -OCH3 is 2. The van der Waals surface area contributed by atoms with E-state index >= 15 is 0 Å². The molecule has 0 aliphatic carbocycles. The van der Waals surface area contributed by atoms with Gasteiger partial charge in [0, 0.05) is 6.54 Å². The number of hydrogen-bond acceptors (Lipinski definition) is 5. The first-order valence-electron chi connectivity index (χ1n) is 7.50. The minimum atomic E-state index is -3.77. The molecule has 0 bridgehead atoms. The molecule has 1 aliphatic heterocycles. The van der Waals surface area contributed by atoms with Gasteiger partial charge in [0.05, 0.1) is 19.1 Å². The van der Waals surface area contributed by atoms with Crippen LogP contribution in [0.15, 0.2) is 11.0 Å². The van der Waals surface area contributed by atoms with Crippen molar-refractivity contribution in [3.8, 4) is 5.75 Å². The maximum atomic E-state index is 13.1. The monoisotopic (exact) mass is 341 g/mol. The van der Waals surface area contributed by atoms with Crippen molar-refractivity contribution in [1.82, 2.24) is 4.31 Å². The molecule has 1 aromatic carbocycles. The van der Waals surface area contributed by atoms with E-state index in [-0.39, 0.29) is 4.90 Å². The Bertz CT molecular complexity index is 726. The first-order valence-corrected chi connectivity index (χ1v) is 8.94. The molecule has 2 rings (SSSR count). The summed E-state index contributed by atoms with van der Waals surface area (Å²) in [7, 11) is -0.939. The van der Waals surface area contributed by atoms with Crippen molar-refractivity contribution in [2.45, 2.75) is 44.6 Å². The van der Waals surface area contributed by atoms with E-state index in [0.29, 0.717) is 36.3 Å². The van der Waals surface area contributed by atoms with Crippen molar-refractivity contribution in [2.75, 3.05) is 20.8 Å². The van der Waals surface area contributed by atoms with Gasteiger partial charge >= 0.3 is 5.97 Å². The van der Waals surface area contributed by atoms with Gasteiger partial charge in [-0.2, -0.15) is 4.31 Å². The molecule has 1 unspecified atom stereocenters. The normalized spacial score (nSPS) is 18.9. The van der Waals surface area contributed by atoms with E-state index in [1.54, 1.807) is 27.0 Å². The number of sulfonamides is 1. The Balaban J connectivity index is 2.57. The second kappa shape index (κ2) is 6.49. The fourth-order valence-corrected chi connectivity index (χ4v) is 5.28. The SMILES string of the molecule is COC(=O)C1CCCN1S(=O)(=O)c1c(C)cc(OC)c(C)c1C. The molecular weight excluding hydrogens is 318 g/mol. The van der Waals surface area contributed by atoms with Crippen molar-refractivity contribution < 1.29 is 22.7 Å². The summed E-state index contributed by atoms with van der Waals surface area (Å²) in [4.78, 5) is 12.1. The Morgan fingerprint density at radius 1 is 1.22 bits per heavy atom. The summed E-state index contributed by atoms with van der Waals surface area (Å²) in [6, 6.07) is 0.976. The molecule has 1 saturated heterocycles. The molecule has 0 N–H and O–H groups in total. The van der Waals surface area contributed by atoms with Gasteiger partial charge in [-0.15, -0.1) is 0 Å². The molecular formula is C16H23NO5S. The summed E-state index contributed by atoms with van der Waals surface area (Å²) >= 11 is 0. The lowest BCUT2D eigenvalue weighted by Crippen LogP contribution is -2.41. The largest absolute Gasteiger partial charge is 0.496 e. The molecule has 23 heavy (non-hydrogen) atoms. The predicted octanol–water partition coefficient (Wildman–Crippen LogP) is 1.95. The molecule has 0 saturated carbocycles. The van der Waals surface area contributed by atoms with Gasteiger partial charge in [0.1, 0.15) is 11.8 Å². The minimum absolute atomic E-state index is 0.256. The summed E-state index contributed by atoms with van der Waals surface area (Å²) in [6.45, 7) is 5.66. The lowest BCUT2D eigenvalue weighted by molar-refractivity contribution is -0.144. The highest BCUT2D eigenvalue weighted by Crippen LogP contribution is 2.35. The zero-order valence-electron chi connectivity index (χ0n) is 14.2. The van der Waals surface area contributed by atoms with Crippen molar-refractivity contribution in [1.29, 1.82) is 0 Å². The Kier molecular flexibility index (Phi) is 5.01. The zero-order valence-corrected chi connectivity index (χ0v) is 15.0. The van der Waals surface area contributed by atoms with Crippen LogP contribution in [0.3, 0.4) is 0 Å². The third-order valence-corrected chi connectivity index (χ3v) is 6.64. The Morgan fingerprint density at radius 3 is 2.43 bits per heavy atom. The van der Waals surface area contributed by atoms with E-state index in [4.69, 9.17) is 9.47 Å². The second-order valence-corrected chi connectivity index (χ2v) is 7.60. The molecule has 0 amide bonds. The summed E-state index contributed by atoms with van der Waals surface area (Å²) in [5.41, 5.74) is 2.04. The molecule has 1 fully saturated rings. The van der Waals surface area contributed by atoms with Crippen molar-refractivity contribution in [3.63, 3.8) is 0 Å². The van der Waals surface area contributed by atoms with Crippen molar-refractivity contribution >= 4 is 16.0 Å². The zero-order chi connectivity index (χ0) is 17.4. The second-order valence-electron chi connectivity index (χ2n) is 5.77. The van der Waals surface area contributed by atoms with Crippen LogP contribution in [0.5, 0.6) is 5.75 Å². The minimum Gasteiger partial charge on any atom is -0.496 e. The van der Waals surface area contributed by atoms with Gasteiger partial charge in [-0.25, -0.2) is 8.42 Å². The molecule has 1 aromatic rings. The number of ether oxygens (including phenoxy) is 2. The van der Waals surface area contributed by atoms with E-state index in [2.05, 4.69) is 0 Å². The van der Waals surface area contributed by atoms with Crippen molar-refractivity contribution in [2.24, 2.45) is 0 Å². The quantitative estimate of drug-likeness (QED) is 0.783. The van der Waals surface area contributed by atoms with E-state index in [1.807, 2.05) is 6.92 Å². The molecule has 1 heterocycles. The fraction of sp³-hybridized carbons (Fsp3) is 0.562. The number of benzene rings is 1. The Hall–Kier alpha value is -1.60. The maximum Gasteiger partial charge on any atom is 0.324 e. The average molecular weight is 341 g/mol. The number of esters is 1. The lowest BCUT2D eigenvalue weighted by Gasteiger charge is -2.25. The molecule has 1 aliphatic rings. The standard InChI is InChI=1S/C16H23NO5S/c1-10-9-14(21-4)11(2)12(3)15(10)23(19,20)17-8-6-7-13(17)16(18)22-5/h9,13H,6-8H2,1-5H3. The van der Waals surface area contributed by atoms with E-state index in [0.717, 1.165) is 5.56 Å². The molecule has 128 valence electrons. The smallest absolute Gasteiger partial charge is 0.324 e. The van der Waals surface area contributed by atoms with Crippen molar-refractivity contribution in [3.05, 3.63) is 22.8 Å². The van der Waals surface area contributed by atoms with E-state index in [9.17, 15) is 13.2 Å². The molecule has 0 aromatic heterocycles. The van der Waals surface area contributed by atoms with Gasteiger partial charge in [0.25, 0.3) is 0 Å². The van der Waals surface area contributed by atoms with Gasteiger partial charge < -0.3 is 9.47 Å². The average Bonchev–Trinajstić information content (AvgIpc) is 3.00.